The fourth-order valence-electron chi connectivity index (χ4n) is 1.66. The van der Waals surface area contributed by atoms with Crippen molar-refractivity contribution in [1.82, 2.24) is 9.78 Å². The molecule has 0 fully saturated rings. The van der Waals surface area contributed by atoms with Crippen molar-refractivity contribution in [3.63, 3.8) is 0 Å². The van der Waals surface area contributed by atoms with Crippen molar-refractivity contribution in [2.45, 2.75) is 13.8 Å². The van der Waals surface area contributed by atoms with Gasteiger partial charge in [-0.05, 0) is 32.1 Å². The molecule has 0 spiro atoms. The monoisotopic (exact) mass is 230 g/mol. The highest BCUT2D eigenvalue weighted by Gasteiger charge is 2.10. The van der Waals surface area contributed by atoms with Crippen LogP contribution in [0.5, 0.6) is 0 Å². The smallest absolute Gasteiger partial charge is 0.189 e. The SMILES string of the molecule is Cc1cc(C(=O)C=Cc2cnn(C)c2)c(C)o1. The standard InChI is InChI=1S/C13H14N2O2/c1-9-6-12(10(2)17-9)13(16)5-4-11-7-14-15(3)8-11/h4-8H,1-3H3. The number of hydrogen-bond donors (Lipinski definition) is 0. The number of furan rings is 1. The third-order valence-corrected chi connectivity index (χ3v) is 2.46. The third-order valence-electron chi connectivity index (χ3n) is 2.46. The molecule has 0 saturated carbocycles. The zero-order valence-corrected chi connectivity index (χ0v) is 10.1. The third kappa shape index (κ3) is 2.53. The highest BCUT2D eigenvalue weighted by Crippen LogP contribution is 2.15. The molecule has 0 aromatic carbocycles. The molecular weight excluding hydrogens is 216 g/mol. The van der Waals surface area contributed by atoms with Crippen molar-refractivity contribution in [3.8, 4) is 0 Å². The molecule has 88 valence electrons. The summed E-state index contributed by atoms with van der Waals surface area (Å²) >= 11 is 0. The quantitative estimate of drug-likeness (QED) is 0.601. The van der Waals surface area contributed by atoms with Crippen LogP contribution in [0, 0.1) is 13.8 Å². The Hall–Kier alpha value is -2.10. The van der Waals surface area contributed by atoms with Gasteiger partial charge in [0.2, 0.25) is 0 Å². The molecule has 0 radical (unpaired) electrons. The molecule has 0 unspecified atom stereocenters. The van der Waals surface area contributed by atoms with E-state index in [2.05, 4.69) is 5.10 Å². The molecule has 0 N–H and O–H groups in total. The molecule has 2 rings (SSSR count). The van der Waals surface area contributed by atoms with Gasteiger partial charge in [0.05, 0.1) is 11.8 Å². The van der Waals surface area contributed by atoms with E-state index in [0.717, 1.165) is 11.3 Å². The van der Waals surface area contributed by atoms with Gasteiger partial charge in [0.15, 0.2) is 5.78 Å². The van der Waals surface area contributed by atoms with Gasteiger partial charge >= 0.3 is 0 Å². The largest absolute Gasteiger partial charge is 0.466 e. The number of allylic oxidation sites excluding steroid dienone is 1. The number of nitrogens with zero attached hydrogens (tertiary/aromatic N) is 2. The van der Waals surface area contributed by atoms with Crippen molar-refractivity contribution in [1.29, 1.82) is 0 Å². The van der Waals surface area contributed by atoms with E-state index in [1.165, 1.54) is 6.08 Å². The molecule has 0 aliphatic heterocycles. The minimum Gasteiger partial charge on any atom is -0.466 e. The summed E-state index contributed by atoms with van der Waals surface area (Å²) in [6, 6.07) is 1.76. The Bertz CT molecular complexity index is 576. The van der Waals surface area contributed by atoms with Crippen LogP contribution < -0.4 is 0 Å². The number of carbonyl (C=O) groups excluding carboxylic acids is 1. The zero-order valence-electron chi connectivity index (χ0n) is 10.1. The first kappa shape index (κ1) is 11.4. The lowest BCUT2D eigenvalue weighted by Gasteiger charge is -1.90. The first-order chi connectivity index (χ1) is 8.06. The van der Waals surface area contributed by atoms with Gasteiger partial charge in [-0.3, -0.25) is 9.48 Å². The Kier molecular flexibility index (Phi) is 2.95. The molecule has 2 heterocycles. The summed E-state index contributed by atoms with van der Waals surface area (Å²) in [6.45, 7) is 3.62. The lowest BCUT2D eigenvalue weighted by molar-refractivity contribution is 0.104. The minimum absolute atomic E-state index is 0.0526. The molecule has 0 saturated heterocycles. The predicted molar refractivity (Wildman–Crippen MR) is 64.8 cm³/mol. The van der Waals surface area contributed by atoms with Crippen LogP contribution in [0.1, 0.15) is 27.4 Å². The van der Waals surface area contributed by atoms with Crippen LogP contribution in [0.25, 0.3) is 6.08 Å². The number of carbonyl (C=O) groups is 1. The molecule has 4 heteroatoms. The highest BCUT2D eigenvalue weighted by atomic mass is 16.3. The van der Waals surface area contributed by atoms with Crippen molar-refractivity contribution < 1.29 is 9.21 Å². The summed E-state index contributed by atoms with van der Waals surface area (Å²) in [4.78, 5) is 11.9. The van der Waals surface area contributed by atoms with Gasteiger partial charge < -0.3 is 4.42 Å². The van der Waals surface area contributed by atoms with Crippen LogP contribution >= 0.6 is 0 Å². The summed E-state index contributed by atoms with van der Waals surface area (Å²) in [6.07, 6.45) is 6.83. The minimum atomic E-state index is -0.0526. The Morgan fingerprint density at radius 1 is 1.47 bits per heavy atom. The maximum Gasteiger partial charge on any atom is 0.189 e. The van der Waals surface area contributed by atoms with Crippen molar-refractivity contribution in [2.75, 3.05) is 0 Å². The van der Waals surface area contributed by atoms with Crippen LogP contribution in [0.3, 0.4) is 0 Å². The number of rotatable bonds is 3. The van der Waals surface area contributed by atoms with E-state index in [-0.39, 0.29) is 5.78 Å². The van der Waals surface area contributed by atoms with E-state index in [0.29, 0.717) is 11.3 Å². The molecule has 17 heavy (non-hydrogen) atoms. The summed E-state index contributed by atoms with van der Waals surface area (Å²) < 4.78 is 7.01. The first-order valence-electron chi connectivity index (χ1n) is 5.34. The fourth-order valence-corrected chi connectivity index (χ4v) is 1.66. The molecule has 0 bridgehead atoms. The second-order valence-corrected chi connectivity index (χ2v) is 3.97. The van der Waals surface area contributed by atoms with Gasteiger partial charge in [0.1, 0.15) is 11.5 Å². The highest BCUT2D eigenvalue weighted by molar-refractivity contribution is 6.07. The molecule has 0 aliphatic carbocycles. The van der Waals surface area contributed by atoms with E-state index < -0.39 is 0 Å². The molecular formula is C13H14N2O2. The van der Waals surface area contributed by atoms with Crippen molar-refractivity contribution >= 4 is 11.9 Å². The van der Waals surface area contributed by atoms with Crippen molar-refractivity contribution in [2.24, 2.45) is 7.05 Å². The van der Waals surface area contributed by atoms with Crippen LogP contribution in [0.2, 0.25) is 0 Å². The maximum atomic E-state index is 11.9. The molecule has 0 atom stereocenters. The number of aryl methyl sites for hydroxylation is 3. The lowest BCUT2D eigenvalue weighted by Crippen LogP contribution is -1.93. The van der Waals surface area contributed by atoms with E-state index in [9.17, 15) is 4.79 Å². The maximum absolute atomic E-state index is 11.9. The molecule has 4 nitrogen and oxygen atoms in total. The van der Waals surface area contributed by atoms with Crippen LogP contribution in [-0.2, 0) is 7.05 Å². The van der Waals surface area contributed by atoms with E-state index in [4.69, 9.17) is 4.42 Å². The number of aromatic nitrogens is 2. The van der Waals surface area contributed by atoms with E-state index in [1.54, 1.807) is 29.9 Å². The predicted octanol–water partition coefficient (Wildman–Crippen LogP) is 2.53. The summed E-state index contributed by atoms with van der Waals surface area (Å²) in [5.41, 5.74) is 1.52. The second-order valence-electron chi connectivity index (χ2n) is 3.97. The summed E-state index contributed by atoms with van der Waals surface area (Å²) in [5.74, 6) is 1.35. The second kappa shape index (κ2) is 4.41. The van der Waals surface area contributed by atoms with Gasteiger partial charge in [0, 0.05) is 18.8 Å². The van der Waals surface area contributed by atoms with E-state index >= 15 is 0 Å². The van der Waals surface area contributed by atoms with E-state index in [1.807, 2.05) is 20.2 Å². The van der Waals surface area contributed by atoms with Crippen LogP contribution in [0.4, 0.5) is 0 Å². The lowest BCUT2D eigenvalue weighted by atomic mass is 10.1. The van der Waals surface area contributed by atoms with Gasteiger partial charge in [-0.15, -0.1) is 0 Å². The van der Waals surface area contributed by atoms with Gasteiger partial charge in [0.25, 0.3) is 0 Å². The zero-order chi connectivity index (χ0) is 12.4. The summed E-state index contributed by atoms with van der Waals surface area (Å²) in [7, 11) is 1.84. The fraction of sp³-hybridized carbons (Fsp3) is 0.231. The topological polar surface area (TPSA) is 48.0 Å². The van der Waals surface area contributed by atoms with Crippen molar-refractivity contribution in [3.05, 3.63) is 47.2 Å². The number of hydrogen-bond acceptors (Lipinski definition) is 3. The number of ketones is 1. The Balaban J connectivity index is 2.17. The molecule has 2 aromatic heterocycles. The molecule has 0 aliphatic rings. The average Bonchev–Trinajstić information content (AvgIpc) is 2.81. The summed E-state index contributed by atoms with van der Waals surface area (Å²) in [5, 5.41) is 4.02. The molecule has 0 amide bonds. The van der Waals surface area contributed by atoms with Crippen LogP contribution in [-0.4, -0.2) is 15.6 Å². The Morgan fingerprint density at radius 3 is 2.76 bits per heavy atom. The Labute approximate surface area is 99.6 Å². The Morgan fingerprint density at radius 2 is 2.24 bits per heavy atom. The van der Waals surface area contributed by atoms with Gasteiger partial charge in [-0.2, -0.15) is 5.10 Å². The average molecular weight is 230 g/mol. The van der Waals surface area contributed by atoms with Gasteiger partial charge in [-0.1, -0.05) is 0 Å². The normalized spacial score (nSPS) is 11.2. The molecule has 2 aromatic rings. The van der Waals surface area contributed by atoms with Gasteiger partial charge in [-0.25, -0.2) is 0 Å². The van der Waals surface area contributed by atoms with Crippen LogP contribution in [0.15, 0.2) is 29.0 Å². The first-order valence-corrected chi connectivity index (χ1v) is 5.34.